The third-order valence-corrected chi connectivity index (χ3v) is 2.57. The Bertz CT molecular complexity index is 390. The molecule has 4 nitrogen and oxygen atoms in total. The van der Waals surface area contributed by atoms with Gasteiger partial charge in [0.05, 0.1) is 0 Å². The van der Waals surface area contributed by atoms with Gasteiger partial charge in [-0.05, 0) is 19.1 Å². The number of nitrogens with one attached hydrogen (secondary N) is 1. The van der Waals surface area contributed by atoms with Crippen molar-refractivity contribution < 1.29 is 9.53 Å². The van der Waals surface area contributed by atoms with E-state index in [1.165, 1.54) is 0 Å². The van der Waals surface area contributed by atoms with Crippen LogP contribution in [0.5, 0.6) is 5.75 Å². The maximum absolute atomic E-state index is 11.0. The second-order valence-corrected chi connectivity index (χ2v) is 3.64. The van der Waals surface area contributed by atoms with Gasteiger partial charge in [0.2, 0.25) is 5.91 Å². The number of hydrogen-bond acceptors (Lipinski definition) is 3. The van der Waals surface area contributed by atoms with E-state index in [1.807, 2.05) is 6.07 Å². The van der Waals surface area contributed by atoms with Crippen LogP contribution in [0, 0.1) is 0 Å². The van der Waals surface area contributed by atoms with E-state index >= 15 is 0 Å². The minimum atomic E-state index is -0.425. The van der Waals surface area contributed by atoms with Gasteiger partial charge in [-0.15, -0.1) is 0 Å². The van der Waals surface area contributed by atoms with E-state index in [0.29, 0.717) is 12.2 Å². The van der Waals surface area contributed by atoms with Crippen molar-refractivity contribution in [1.29, 1.82) is 0 Å². The number of carbonyl (C=O) groups is 1. The Morgan fingerprint density at radius 2 is 2.40 bits per heavy atom. The number of nitrogens with two attached hydrogens (primary N) is 1. The molecule has 0 aromatic heterocycles. The molecule has 0 fully saturated rings. The number of amides is 1. The van der Waals surface area contributed by atoms with Gasteiger partial charge >= 0.3 is 0 Å². The van der Waals surface area contributed by atoms with Gasteiger partial charge in [-0.1, -0.05) is 6.07 Å². The Hall–Kier alpha value is -1.55. The summed E-state index contributed by atoms with van der Waals surface area (Å²) >= 11 is 0. The van der Waals surface area contributed by atoms with Crippen LogP contribution in [0.15, 0.2) is 18.2 Å². The zero-order valence-corrected chi connectivity index (χ0v) is 8.62. The minimum Gasteiger partial charge on any atom is -0.492 e. The molecule has 0 radical (unpaired) electrons. The molecule has 0 spiro atoms. The fourth-order valence-electron chi connectivity index (χ4n) is 1.72. The molecule has 80 valence electrons. The maximum Gasteiger partial charge on any atom is 0.248 e. The Kier molecular flexibility index (Phi) is 2.60. The number of primary amides is 1. The van der Waals surface area contributed by atoms with Crippen LogP contribution in [0.4, 0.5) is 0 Å². The van der Waals surface area contributed by atoms with Crippen LogP contribution in [0.3, 0.4) is 0 Å². The molecule has 1 aromatic carbocycles. The van der Waals surface area contributed by atoms with Crippen LogP contribution in [0.1, 0.15) is 28.9 Å². The van der Waals surface area contributed by atoms with Crippen LogP contribution in [0.2, 0.25) is 0 Å². The smallest absolute Gasteiger partial charge is 0.248 e. The van der Waals surface area contributed by atoms with Crippen LogP contribution in [-0.2, 0) is 0 Å². The molecule has 1 unspecified atom stereocenters. The first kappa shape index (κ1) is 9.98. The summed E-state index contributed by atoms with van der Waals surface area (Å²) in [6.07, 6.45) is 0. The molecular formula is C11H14N2O2. The van der Waals surface area contributed by atoms with Gasteiger partial charge in [-0.25, -0.2) is 0 Å². The lowest BCUT2D eigenvalue weighted by atomic mass is 10.0. The summed E-state index contributed by atoms with van der Waals surface area (Å²) in [4.78, 5) is 11.0. The van der Waals surface area contributed by atoms with Crippen molar-refractivity contribution in [2.75, 3.05) is 13.2 Å². The molecule has 4 heteroatoms. The van der Waals surface area contributed by atoms with Crippen molar-refractivity contribution >= 4 is 5.91 Å². The highest BCUT2D eigenvalue weighted by atomic mass is 16.5. The summed E-state index contributed by atoms with van der Waals surface area (Å²) in [5.74, 6) is 0.329. The van der Waals surface area contributed by atoms with E-state index in [4.69, 9.17) is 10.5 Å². The highest BCUT2D eigenvalue weighted by molar-refractivity contribution is 5.93. The second-order valence-electron chi connectivity index (χ2n) is 3.64. The zero-order chi connectivity index (χ0) is 10.8. The molecule has 15 heavy (non-hydrogen) atoms. The first-order valence-corrected chi connectivity index (χ1v) is 4.98. The Labute approximate surface area is 88.4 Å². The van der Waals surface area contributed by atoms with Gasteiger partial charge in [0, 0.05) is 23.7 Å². The number of ether oxygens (including phenoxy) is 1. The lowest BCUT2D eigenvalue weighted by molar-refractivity contribution is 0.1000. The van der Waals surface area contributed by atoms with Gasteiger partial charge in [0.1, 0.15) is 12.4 Å². The fraction of sp³-hybridized carbons (Fsp3) is 0.364. The lowest BCUT2D eigenvalue weighted by Gasteiger charge is -2.12. The van der Waals surface area contributed by atoms with E-state index in [-0.39, 0.29) is 6.04 Å². The molecule has 3 N–H and O–H groups in total. The fourth-order valence-corrected chi connectivity index (χ4v) is 1.72. The van der Waals surface area contributed by atoms with Crippen molar-refractivity contribution in [1.82, 2.24) is 5.32 Å². The molecule has 1 aromatic rings. The zero-order valence-electron chi connectivity index (χ0n) is 8.62. The number of fused-ring (bicyclic) bond motifs is 1. The van der Waals surface area contributed by atoms with E-state index < -0.39 is 5.91 Å². The molecule has 1 amide bonds. The highest BCUT2D eigenvalue weighted by Gasteiger charge is 2.16. The van der Waals surface area contributed by atoms with E-state index in [1.54, 1.807) is 12.1 Å². The molecule has 0 saturated heterocycles. The van der Waals surface area contributed by atoms with Gasteiger partial charge < -0.3 is 15.8 Å². The summed E-state index contributed by atoms with van der Waals surface area (Å²) in [6.45, 7) is 3.48. The van der Waals surface area contributed by atoms with Crippen molar-refractivity contribution in [2.24, 2.45) is 5.73 Å². The summed E-state index contributed by atoms with van der Waals surface area (Å²) in [5, 5.41) is 3.31. The number of rotatable bonds is 1. The number of hydrogen-bond donors (Lipinski definition) is 2. The molecular weight excluding hydrogens is 192 g/mol. The van der Waals surface area contributed by atoms with E-state index in [9.17, 15) is 4.79 Å². The highest BCUT2D eigenvalue weighted by Crippen LogP contribution is 2.27. The standard InChI is InChI=1S/C11H14N2O2/c1-7-9-3-2-8(11(12)14)6-10(9)15-5-4-13-7/h2-3,6-7,13H,4-5H2,1H3,(H2,12,14). The summed E-state index contributed by atoms with van der Waals surface area (Å²) in [7, 11) is 0. The molecule has 1 atom stereocenters. The van der Waals surface area contributed by atoms with Crippen molar-refractivity contribution in [3.63, 3.8) is 0 Å². The third-order valence-electron chi connectivity index (χ3n) is 2.57. The van der Waals surface area contributed by atoms with Gasteiger partial charge in [0.25, 0.3) is 0 Å². The molecule has 0 saturated carbocycles. The third kappa shape index (κ3) is 1.94. The molecule has 0 aliphatic carbocycles. The first-order valence-electron chi connectivity index (χ1n) is 4.98. The second kappa shape index (κ2) is 3.90. The Balaban J connectivity index is 2.42. The summed E-state index contributed by atoms with van der Waals surface area (Å²) in [5.41, 5.74) is 6.77. The lowest BCUT2D eigenvalue weighted by Crippen LogP contribution is -2.20. The van der Waals surface area contributed by atoms with Crippen molar-refractivity contribution in [3.8, 4) is 5.75 Å². The maximum atomic E-state index is 11.0. The summed E-state index contributed by atoms with van der Waals surface area (Å²) < 4.78 is 5.54. The van der Waals surface area contributed by atoms with E-state index in [2.05, 4.69) is 12.2 Å². The molecule has 0 bridgehead atoms. The number of benzene rings is 1. The quantitative estimate of drug-likeness (QED) is 0.715. The Morgan fingerprint density at radius 1 is 1.60 bits per heavy atom. The van der Waals surface area contributed by atoms with E-state index in [0.717, 1.165) is 17.9 Å². The van der Waals surface area contributed by atoms with Gasteiger partial charge in [-0.3, -0.25) is 4.79 Å². The normalized spacial score (nSPS) is 19.9. The summed E-state index contributed by atoms with van der Waals surface area (Å²) in [6, 6.07) is 5.57. The molecule has 1 aliphatic rings. The van der Waals surface area contributed by atoms with Crippen molar-refractivity contribution in [2.45, 2.75) is 13.0 Å². The first-order chi connectivity index (χ1) is 7.18. The van der Waals surface area contributed by atoms with Crippen LogP contribution in [-0.4, -0.2) is 19.1 Å². The average Bonchev–Trinajstić information content (AvgIpc) is 2.40. The predicted molar refractivity (Wildman–Crippen MR) is 56.9 cm³/mol. The molecule has 2 rings (SSSR count). The van der Waals surface area contributed by atoms with Crippen molar-refractivity contribution in [3.05, 3.63) is 29.3 Å². The van der Waals surface area contributed by atoms with Crippen LogP contribution < -0.4 is 15.8 Å². The van der Waals surface area contributed by atoms with Crippen LogP contribution >= 0.6 is 0 Å². The van der Waals surface area contributed by atoms with Crippen LogP contribution in [0.25, 0.3) is 0 Å². The average molecular weight is 206 g/mol. The minimum absolute atomic E-state index is 0.240. The number of carbonyl (C=O) groups excluding carboxylic acids is 1. The van der Waals surface area contributed by atoms with Gasteiger partial charge in [-0.2, -0.15) is 0 Å². The predicted octanol–water partition coefficient (Wildman–Crippen LogP) is 0.829. The molecule has 1 heterocycles. The Morgan fingerprint density at radius 3 is 3.13 bits per heavy atom. The van der Waals surface area contributed by atoms with Gasteiger partial charge in [0.15, 0.2) is 0 Å². The molecule has 1 aliphatic heterocycles. The largest absolute Gasteiger partial charge is 0.492 e. The topological polar surface area (TPSA) is 64.3 Å². The monoisotopic (exact) mass is 206 g/mol. The SMILES string of the molecule is CC1NCCOc2cc(C(N)=O)ccc21.